The second-order valence-electron chi connectivity index (χ2n) is 5.21. The Bertz CT molecular complexity index is 493. The third-order valence-electron chi connectivity index (χ3n) is 3.46. The Hall–Kier alpha value is -1.56. The molecule has 5 nitrogen and oxygen atoms in total. The molecule has 2 rings (SSSR count). The third kappa shape index (κ3) is 5.67. The predicted octanol–water partition coefficient (Wildman–Crippen LogP) is 2.74. The summed E-state index contributed by atoms with van der Waals surface area (Å²) in [6.45, 7) is 7.67. The summed E-state index contributed by atoms with van der Waals surface area (Å²) < 4.78 is 5.68. The number of amides is 2. The lowest BCUT2D eigenvalue weighted by molar-refractivity contribution is -0.0250. The number of nitrogens with one attached hydrogen (secondary N) is 2. The van der Waals surface area contributed by atoms with Crippen LogP contribution in [-0.2, 0) is 4.74 Å². The predicted molar refractivity (Wildman–Crippen MR) is 89.5 cm³/mol. The third-order valence-corrected chi connectivity index (χ3v) is 3.72. The van der Waals surface area contributed by atoms with Gasteiger partial charge in [-0.3, -0.25) is 4.90 Å². The van der Waals surface area contributed by atoms with Crippen molar-refractivity contribution in [2.45, 2.75) is 12.5 Å². The highest BCUT2D eigenvalue weighted by molar-refractivity contribution is 6.30. The zero-order chi connectivity index (χ0) is 15.8. The molecule has 0 aromatic heterocycles. The normalized spacial score (nSPS) is 18.7. The summed E-state index contributed by atoms with van der Waals surface area (Å²) in [5.74, 6) is 0. The molecule has 1 aromatic rings. The van der Waals surface area contributed by atoms with Crippen molar-refractivity contribution in [3.8, 4) is 0 Å². The first-order valence-electron chi connectivity index (χ1n) is 7.42. The largest absolute Gasteiger partial charge is 0.374 e. The molecule has 1 aromatic carbocycles. The SMILES string of the molecule is C=CCCN1CCOC(CNC(=O)Nc2ccc(Cl)cc2)C1. The number of anilines is 1. The van der Waals surface area contributed by atoms with Crippen LogP contribution in [0.2, 0.25) is 5.02 Å². The van der Waals surface area contributed by atoms with Gasteiger partial charge in [0, 0.05) is 36.9 Å². The molecule has 1 aliphatic rings. The van der Waals surface area contributed by atoms with Gasteiger partial charge in [-0.25, -0.2) is 4.79 Å². The molecule has 0 spiro atoms. The first-order valence-corrected chi connectivity index (χ1v) is 7.80. The van der Waals surface area contributed by atoms with E-state index in [1.54, 1.807) is 24.3 Å². The van der Waals surface area contributed by atoms with Crippen molar-refractivity contribution >= 4 is 23.3 Å². The second-order valence-corrected chi connectivity index (χ2v) is 5.65. The minimum absolute atomic E-state index is 0.0227. The van der Waals surface area contributed by atoms with E-state index in [9.17, 15) is 4.79 Å². The van der Waals surface area contributed by atoms with Gasteiger partial charge in [0.2, 0.25) is 0 Å². The van der Waals surface area contributed by atoms with Gasteiger partial charge in [-0.2, -0.15) is 0 Å². The van der Waals surface area contributed by atoms with E-state index in [4.69, 9.17) is 16.3 Å². The van der Waals surface area contributed by atoms with E-state index < -0.39 is 0 Å². The number of morpholine rings is 1. The van der Waals surface area contributed by atoms with Gasteiger partial charge in [0.25, 0.3) is 0 Å². The minimum Gasteiger partial charge on any atom is -0.374 e. The quantitative estimate of drug-likeness (QED) is 0.791. The summed E-state index contributed by atoms with van der Waals surface area (Å²) in [5, 5.41) is 6.24. The maximum atomic E-state index is 11.9. The van der Waals surface area contributed by atoms with Crippen LogP contribution in [0.4, 0.5) is 10.5 Å². The molecule has 0 aliphatic carbocycles. The fourth-order valence-electron chi connectivity index (χ4n) is 2.30. The minimum atomic E-state index is -0.242. The van der Waals surface area contributed by atoms with Crippen molar-refractivity contribution in [3.63, 3.8) is 0 Å². The lowest BCUT2D eigenvalue weighted by atomic mass is 10.2. The van der Waals surface area contributed by atoms with Gasteiger partial charge in [0.1, 0.15) is 0 Å². The summed E-state index contributed by atoms with van der Waals surface area (Å²) in [4.78, 5) is 14.2. The fraction of sp³-hybridized carbons (Fsp3) is 0.438. The summed E-state index contributed by atoms with van der Waals surface area (Å²) in [6, 6.07) is 6.75. The summed E-state index contributed by atoms with van der Waals surface area (Å²) in [6.07, 6.45) is 2.91. The van der Waals surface area contributed by atoms with E-state index in [1.165, 1.54) is 0 Å². The standard InChI is InChI=1S/C16H22ClN3O2/c1-2-3-8-20-9-10-22-15(12-20)11-18-16(21)19-14-6-4-13(17)5-7-14/h2,4-7,15H,1,3,8-12H2,(H2,18,19,21). The Balaban J connectivity index is 1.71. The molecule has 0 saturated carbocycles. The molecule has 1 unspecified atom stereocenters. The molecule has 6 heteroatoms. The van der Waals surface area contributed by atoms with Crippen LogP contribution in [0, 0.1) is 0 Å². The highest BCUT2D eigenvalue weighted by Gasteiger charge is 2.20. The van der Waals surface area contributed by atoms with Gasteiger partial charge < -0.3 is 15.4 Å². The van der Waals surface area contributed by atoms with Crippen LogP contribution >= 0.6 is 11.6 Å². The van der Waals surface area contributed by atoms with E-state index in [0.717, 1.165) is 26.1 Å². The molecule has 1 saturated heterocycles. The summed E-state index contributed by atoms with van der Waals surface area (Å²) in [7, 11) is 0. The van der Waals surface area contributed by atoms with Gasteiger partial charge in [-0.05, 0) is 30.7 Å². The van der Waals surface area contributed by atoms with E-state index in [2.05, 4.69) is 22.1 Å². The van der Waals surface area contributed by atoms with E-state index >= 15 is 0 Å². The van der Waals surface area contributed by atoms with Crippen LogP contribution in [0.15, 0.2) is 36.9 Å². The number of ether oxygens (including phenoxy) is 1. The van der Waals surface area contributed by atoms with Gasteiger partial charge in [0.15, 0.2) is 0 Å². The van der Waals surface area contributed by atoms with Gasteiger partial charge in [-0.15, -0.1) is 6.58 Å². The number of rotatable bonds is 6. The zero-order valence-corrected chi connectivity index (χ0v) is 13.3. The Morgan fingerprint density at radius 2 is 2.23 bits per heavy atom. The topological polar surface area (TPSA) is 53.6 Å². The van der Waals surface area contributed by atoms with Gasteiger partial charge in [0.05, 0.1) is 12.7 Å². The number of carbonyl (C=O) groups is 1. The Labute approximate surface area is 136 Å². The molecule has 22 heavy (non-hydrogen) atoms. The monoisotopic (exact) mass is 323 g/mol. The molecule has 1 atom stereocenters. The maximum Gasteiger partial charge on any atom is 0.319 e. The Morgan fingerprint density at radius 1 is 1.45 bits per heavy atom. The highest BCUT2D eigenvalue weighted by Crippen LogP contribution is 2.13. The van der Waals surface area contributed by atoms with Crippen molar-refractivity contribution in [1.29, 1.82) is 0 Å². The Kier molecular flexibility index (Phi) is 6.71. The lowest BCUT2D eigenvalue weighted by Gasteiger charge is -2.32. The number of halogens is 1. The van der Waals surface area contributed by atoms with Crippen LogP contribution in [0.1, 0.15) is 6.42 Å². The maximum absolute atomic E-state index is 11.9. The number of hydrogen-bond acceptors (Lipinski definition) is 3. The van der Waals surface area contributed by atoms with Crippen molar-refractivity contribution in [2.75, 3.05) is 38.1 Å². The summed E-state index contributed by atoms with van der Waals surface area (Å²) in [5.41, 5.74) is 0.707. The van der Waals surface area contributed by atoms with Crippen LogP contribution in [-0.4, -0.2) is 49.8 Å². The van der Waals surface area contributed by atoms with Gasteiger partial charge in [-0.1, -0.05) is 17.7 Å². The van der Waals surface area contributed by atoms with Crippen LogP contribution < -0.4 is 10.6 Å². The Morgan fingerprint density at radius 3 is 2.95 bits per heavy atom. The second kappa shape index (κ2) is 8.78. The van der Waals surface area contributed by atoms with Crippen molar-refractivity contribution in [1.82, 2.24) is 10.2 Å². The molecule has 1 aliphatic heterocycles. The van der Waals surface area contributed by atoms with E-state index in [0.29, 0.717) is 23.9 Å². The molecule has 0 bridgehead atoms. The van der Waals surface area contributed by atoms with Crippen molar-refractivity contribution in [2.24, 2.45) is 0 Å². The smallest absolute Gasteiger partial charge is 0.319 e. The molecule has 120 valence electrons. The average Bonchev–Trinajstić information content (AvgIpc) is 2.53. The molecule has 1 fully saturated rings. The molecule has 2 N–H and O–H groups in total. The number of carbonyl (C=O) groups excluding carboxylic acids is 1. The zero-order valence-electron chi connectivity index (χ0n) is 12.6. The van der Waals surface area contributed by atoms with Crippen molar-refractivity contribution in [3.05, 3.63) is 41.9 Å². The molecule has 0 radical (unpaired) electrons. The fourth-order valence-corrected chi connectivity index (χ4v) is 2.42. The molecule has 1 heterocycles. The lowest BCUT2D eigenvalue weighted by Crippen LogP contribution is -2.48. The van der Waals surface area contributed by atoms with Crippen LogP contribution in [0.5, 0.6) is 0 Å². The number of urea groups is 1. The van der Waals surface area contributed by atoms with Crippen molar-refractivity contribution < 1.29 is 9.53 Å². The summed E-state index contributed by atoms with van der Waals surface area (Å²) >= 11 is 5.81. The first-order chi connectivity index (χ1) is 10.7. The van der Waals surface area contributed by atoms with Gasteiger partial charge >= 0.3 is 6.03 Å². The molecular weight excluding hydrogens is 302 g/mol. The number of benzene rings is 1. The average molecular weight is 324 g/mol. The van der Waals surface area contributed by atoms with Crippen LogP contribution in [0.25, 0.3) is 0 Å². The highest BCUT2D eigenvalue weighted by atomic mass is 35.5. The first kappa shape index (κ1) is 16.8. The number of nitrogens with zero attached hydrogens (tertiary/aromatic N) is 1. The van der Waals surface area contributed by atoms with E-state index in [-0.39, 0.29) is 12.1 Å². The number of hydrogen-bond donors (Lipinski definition) is 2. The van der Waals surface area contributed by atoms with Crippen LogP contribution in [0.3, 0.4) is 0 Å². The molecule has 2 amide bonds. The molecular formula is C16H22ClN3O2. The van der Waals surface area contributed by atoms with E-state index in [1.807, 2.05) is 6.08 Å².